The van der Waals surface area contributed by atoms with Crippen LogP contribution >= 0.6 is 0 Å². The number of rotatable bonds is 4. The number of nitrogens with zero attached hydrogens (tertiary/aromatic N) is 2. The molecule has 0 spiro atoms. The van der Waals surface area contributed by atoms with Crippen LogP contribution in [0.25, 0.3) is 0 Å². The van der Waals surface area contributed by atoms with E-state index in [4.69, 9.17) is 5.73 Å². The zero-order valence-corrected chi connectivity index (χ0v) is 10.2. The quantitative estimate of drug-likeness (QED) is 0.812. The van der Waals surface area contributed by atoms with Gasteiger partial charge in [-0.05, 0) is 31.7 Å². The third kappa shape index (κ3) is 2.21. The maximum atomic E-state index is 5.79. The fraction of sp³-hybridized carbons (Fsp3) is 0.750. The van der Waals surface area contributed by atoms with Crippen LogP contribution in [0.4, 0.5) is 5.69 Å². The first-order valence-electron chi connectivity index (χ1n) is 6.23. The van der Waals surface area contributed by atoms with E-state index in [9.17, 15) is 0 Å². The predicted octanol–water partition coefficient (Wildman–Crippen LogP) is 1.52. The number of nitrogens with two attached hydrogens (primary N) is 1. The predicted molar refractivity (Wildman–Crippen MR) is 66.4 cm³/mol. The van der Waals surface area contributed by atoms with Crippen LogP contribution in [0, 0.1) is 5.92 Å². The standard InChI is InChI=1S/C12H22N4/c1-3-10-12(8-16(2)15-10)14-11-6-4-5-9(11)7-13/h8-9,11,14H,3-7,13H2,1-2H3. The van der Waals surface area contributed by atoms with E-state index >= 15 is 0 Å². The number of hydrogen-bond acceptors (Lipinski definition) is 3. The summed E-state index contributed by atoms with van der Waals surface area (Å²) in [6.45, 7) is 2.93. The van der Waals surface area contributed by atoms with Crippen LogP contribution in [0.2, 0.25) is 0 Å². The van der Waals surface area contributed by atoms with Gasteiger partial charge in [-0.1, -0.05) is 13.3 Å². The van der Waals surface area contributed by atoms with Crippen LogP contribution in [0.3, 0.4) is 0 Å². The zero-order chi connectivity index (χ0) is 11.5. The molecule has 1 fully saturated rings. The lowest BCUT2D eigenvalue weighted by Gasteiger charge is -2.20. The normalized spacial score (nSPS) is 24.9. The maximum absolute atomic E-state index is 5.79. The van der Waals surface area contributed by atoms with E-state index in [0.717, 1.165) is 18.7 Å². The van der Waals surface area contributed by atoms with Crippen LogP contribution in [-0.4, -0.2) is 22.4 Å². The second kappa shape index (κ2) is 4.87. The van der Waals surface area contributed by atoms with Crippen molar-refractivity contribution < 1.29 is 0 Å². The summed E-state index contributed by atoms with van der Waals surface area (Å²) in [5.74, 6) is 0.630. The fourth-order valence-electron chi connectivity index (χ4n) is 2.62. The van der Waals surface area contributed by atoms with Gasteiger partial charge in [0, 0.05) is 19.3 Å². The van der Waals surface area contributed by atoms with E-state index in [-0.39, 0.29) is 0 Å². The fourth-order valence-corrected chi connectivity index (χ4v) is 2.62. The first-order valence-corrected chi connectivity index (χ1v) is 6.23. The number of hydrogen-bond donors (Lipinski definition) is 2. The number of aryl methyl sites for hydroxylation is 2. The van der Waals surface area contributed by atoms with Crippen molar-refractivity contribution in [3.05, 3.63) is 11.9 Å². The highest BCUT2D eigenvalue weighted by molar-refractivity contribution is 5.47. The molecule has 16 heavy (non-hydrogen) atoms. The summed E-state index contributed by atoms with van der Waals surface area (Å²) in [7, 11) is 1.97. The second-order valence-electron chi connectivity index (χ2n) is 4.69. The average molecular weight is 222 g/mol. The summed E-state index contributed by atoms with van der Waals surface area (Å²) < 4.78 is 1.88. The maximum Gasteiger partial charge on any atom is 0.0853 e. The molecule has 1 aromatic rings. The number of nitrogens with one attached hydrogen (secondary N) is 1. The van der Waals surface area contributed by atoms with Crippen LogP contribution in [0.15, 0.2) is 6.20 Å². The SMILES string of the molecule is CCc1nn(C)cc1NC1CCCC1CN. The van der Waals surface area contributed by atoms with E-state index in [2.05, 4.69) is 23.5 Å². The molecule has 1 heterocycles. The molecule has 0 aliphatic heterocycles. The Kier molecular flexibility index (Phi) is 3.49. The van der Waals surface area contributed by atoms with E-state index in [0.29, 0.717) is 12.0 Å². The van der Waals surface area contributed by atoms with Crippen molar-refractivity contribution in [3.8, 4) is 0 Å². The Balaban J connectivity index is 2.07. The van der Waals surface area contributed by atoms with Crippen LogP contribution in [-0.2, 0) is 13.5 Å². The monoisotopic (exact) mass is 222 g/mol. The molecule has 2 atom stereocenters. The van der Waals surface area contributed by atoms with Crippen molar-refractivity contribution in [2.45, 2.75) is 38.6 Å². The van der Waals surface area contributed by atoms with E-state index in [1.54, 1.807) is 0 Å². The first kappa shape index (κ1) is 11.5. The van der Waals surface area contributed by atoms with E-state index in [1.807, 2.05) is 11.7 Å². The summed E-state index contributed by atoms with van der Waals surface area (Å²) in [5.41, 5.74) is 8.14. The minimum absolute atomic E-state index is 0.541. The van der Waals surface area contributed by atoms with Crippen molar-refractivity contribution in [1.29, 1.82) is 0 Å². The van der Waals surface area contributed by atoms with Gasteiger partial charge in [-0.3, -0.25) is 4.68 Å². The molecule has 0 amide bonds. The molecule has 1 saturated carbocycles. The molecular weight excluding hydrogens is 200 g/mol. The summed E-state index contributed by atoms with van der Waals surface area (Å²) in [6.07, 6.45) is 6.84. The van der Waals surface area contributed by atoms with Gasteiger partial charge in [0.25, 0.3) is 0 Å². The summed E-state index contributed by atoms with van der Waals surface area (Å²) in [4.78, 5) is 0. The molecule has 0 bridgehead atoms. The lowest BCUT2D eigenvalue weighted by Crippen LogP contribution is -2.29. The average Bonchev–Trinajstić information content (AvgIpc) is 2.85. The minimum atomic E-state index is 0.541. The Morgan fingerprint density at radius 3 is 3.06 bits per heavy atom. The minimum Gasteiger partial charge on any atom is -0.379 e. The summed E-state index contributed by atoms with van der Waals surface area (Å²) >= 11 is 0. The van der Waals surface area contributed by atoms with E-state index < -0.39 is 0 Å². The Labute approximate surface area is 97.2 Å². The van der Waals surface area contributed by atoms with Gasteiger partial charge < -0.3 is 11.1 Å². The number of anilines is 1. The molecule has 2 unspecified atom stereocenters. The molecule has 1 aromatic heterocycles. The molecule has 0 radical (unpaired) electrons. The smallest absolute Gasteiger partial charge is 0.0853 e. The third-order valence-corrected chi connectivity index (χ3v) is 3.54. The number of aromatic nitrogens is 2. The second-order valence-corrected chi connectivity index (χ2v) is 4.69. The topological polar surface area (TPSA) is 55.9 Å². The van der Waals surface area contributed by atoms with Crippen LogP contribution < -0.4 is 11.1 Å². The lowest BCUT2D eigenvalue weighted by atomic mass is 10.0. The molecule has 4 heteroatoms. The highest BCUT2D eigenvalue weighted by Gasteiger charge is 2.26. The first-order chi connectivity index (χ1) is 7.74. The molecule has 0 aromatic carbocycles. The van der Waals surface area contributed by atoms with Crippen LogP contribution in [0.5, 0.6) is 0 Å². The van der Waals surface area contributed by atoms with Gasteiger partial charge in [-0.15, -0.1) is 0 Å². The molecule has 90 valence electrons. The van der Waals surface area contributed by atoms with Crippen molar-refractivity contribution in [2.24, 2.45) is 18.7 Å². The van der Waals surface area contributed by atoms with Gasteiger partial charge in [0.1, 0.15) is 0 Å². The summed E-state index contributed by atoms with van der Waals surface area (Å²) in [5, 5.41) is 8.06. The van der Waals surface area contributed by atoms with Gasteiger partial charge >= 0.3 is 0 Å². The van der Waals surface area contributed by atoms with Crippen molar-refractivity contribution in [2.75, 3.05) is 11.9 Å². The molecule has 0 saturated heterocycles. The van der Waals surface area contributed by atoms with Crippen molar-refractivity contribution in [3.63, 3.8) is 0 Å². The highest BCUT2D eigenvalue weighted by atomic mass is 15.3. The largest absolute Gasteiger partial charge is 0.379 e. The lowest BCUT2D eigenvalue weighted by molar-refractivity contribution is 0.516. The Morgan fingerprint density at radius 1 is 1.56 bits per heavy atom. The molecule has 1 aliphatic carbocycles. The molecule has 3 N–H and O–H groups in total. The van der Waals surface area contributed by atoms with Gasteiger partial charge in [0.2, 0.25) is 0 Å². The van der Waals surface area contributed by atoms with Gasteiger partial charge in [-0.2, -0.15) is 5.10 Å². The van der Waals surface area contributed by atoms with Crippen molar-refractivity contribution >= 4 is 5.69 Å². The molecule has 1 aliphatic rings. The molecule has 2 rings (SSSR count). The van der Waals surface area contributed by atoms with Crippen molar-refractivity contribution in [1.82, 2.24) is 9.78 Å². The van der Waals surface area contributed by atoms with E-state index in [1.165, 1.54) is 24.9 Å². The highest BCUT2D eigenvalue weighted by Crippen LogP contribution is 2.28. The molecule has 4 nitrogen and oxygen atoms in total. The Bertz CT molecular complexity index is 345. The van der Waals surface area contributed by atoms with Gasteiger partial charge in [0.05, 0.1) is 11.4 Å². The Morgan fingerprint density at radius 2 is 2.38 bits per heavy atom. The van der Waals surface area contributed by atoms with Gasteiger partial charge in [0.15, 0.2) is 0 Å². The Hall–Kier alpha value is -1.03. The molecular formula is C12H22N4. The van der Waals surface area contributed by atoms with Crippen LogP contribution in [0.1, 0.15) is 31.9 Å². The van der Waals surface area contributed by atoms with Gasteiger partial charge in [-0.25, -0.2) is 0 Å². The summed E-state index contributed by atoms with van der Waals surface area (Å²) in [6, 6.07) is 0.541. The zero-order valence-electron chi connectivity index (χ0n) is 10.2. The third-order valence-electron chi connectivity index (χ3n) is 3.54.